The zero-order chi connectivity index (χ0) is 18.5. The highest BCUT2D eigenvalue weighted by atomic mass is 16.2. The maximum absolute atomic E-state index is 12.8. The van der Waals surface area contributed by atoms with Crippen LogP contribution in [0.5, 0.6) is 0 Å². The smallest absolute Gasteiger partial charge is 0.251 e. The van der Waals surface area contributed by atoms with Crippen LogP contribution in [0.1, 0.15) is 24.2 Å². The van der Waals surface area contributed by atoms with Crippen LogP contribution in [0.25, 0.3) is 10.9 Å². The average molecular weight is 347 g/mol. The molecule has 3 aromatic rings. The van der Waals surface area contributed by atoms with Gasteiger partial charge in [0, 0.05) is 17.1 Å². The molecule has 1 aromatic heterocycles. The molecular formula is C21H21N3O2. The summed E-state index contributed by atoms with van der Waals surface area (Å²) >= 11 is 0. The highest BCUT2D eigenvalue weighted by molar-refractivity contribution is 6.04. The average Bonchev–Trinajstić information content (AvgIpc) is 2.66. The van der Waals surface area contributed by atoms with Crippen LogP contribution in [0.15, 0.2) is 66.9 Å². The first kappa shape index (κ1) is 17.6. The Bertz CT molecular complexity index is 917. The molecule has 2 amide bonds. The van der Waals surface area contributed by atoms with Gasteiger partial charge in [-0.05, 0) is 30.2 Å². The van der Waals surface area contributed by atoms with Gasteiger partial charge in [-0.15, -0.1) is 0 Å². The summed E-state index contributed by atoms with van der Waals surface area (Å²) in [7, 11) is 0. The van der Waals surface area contributed by atoms with Gasteiger partial charge >= 0.3 is 0 Å². The van der Waals surface area contributed by atoms with Gasteiger partial charge in [0.2, 0.25) is 5.91 Å². The van der Waals surface area contributed by atoms with Crippen molar-refractivity contribution in [3.05, 3.63) is 72.4 Å². The van der Waals surface area contributed by atoms with E-state index in [9.17, 15) is 9.59 Å². The summed E-state index contributed by atoms with van der Waals surface area (Å²) in [6.07, 6.45) is 1.69. The number of hydrogen-bond acceptors (Lipinski definition) is 3. The van der Waals surface area contributed by atoms with Crippen molar-refractivity contribution in [2.45, 2.75) is 19.9 Å². The molecule has 0 saturated carbocycles. The molecule has 1 heterocycles. The second-order valence-electron chi connectivity index (χ2n) is 6.43. The SMILES string of the molecule is CC(C)[C@H](NC(=O)c1ccccc1)C(=O)Nc1cccc2cccnc12. The first-order chi connectivity index (χ1) is 12.6. The first-order valence-corrected chi connectivity index (χ1v) is 8.57. The maximum Gasteiger partial charge on any atom is 0.251 e. The van der Waals surface area contributed by atoms with E-state index in [1.165, 1.54) is 0 Å². The zero-order valence-corrected chi connectivity index (χ0v) is 14.8. The largest absolute Gasteiger partial charge is 0.340 e. The van der Waals surface area contributed by atoms with Crippen molar-refractivity contribution in [1.29, 1.82) is 0 Å². The minimum atomic E-state index is -0.651. The highest BCUT2D eigenvalue weighted by Crippen LogP contribution is 2.21. The molecule has 5 heteroatoms. The quantitative estimate of drug-likeness (QED) is 0.740. The van der Waals surface area contributed by atoms with Gasteiger partial charge in [-0.1, -0.05) is 50.2 Å². The standard InChI is InChI=1S/C21H21N3O2/c1-14(2)18(24-20(25)16-8-4-3-5-9-16)21(26)23-17-12-6-10-15-11-7-13-22-19(15)17/h3-14,18H,1-2H3,(H,23,26)(H,24,25)/t18-/m0/s1. The molecule has 0 spiro atoms. The third-order valence-corrected chi connectivity index (χ3v) is 4.16. The summed E-state index contributed by atoms with van der Waals surface area (Å²) in [6.45, 7) is 3.80. The number of nitrogens with zero attached hydrogens (tertiary/aromatic N) is 1. The third kappa shape index (κ3) is 3.88. The lowest BCUT2D eigenvalue weighted by Crippen LogP contribution is -2.47. The minimum Gasteiger partial charge on any atom is -0.340 e. The maximum atomic E-state index is 12.8. The van der Waals surface area contributed by atoms with Gasteiger partial charge in [-0.25, -0.2) is 0 Å². The summed E-state index contributed by atoms with van der Waals surface area (Å²) in [4.78, 5) is 29.6. The Morgan fingerprint density at radius 1 is 0.923 bits per heavy atom. The molecule has 26 heavy (non-hydrogen) atoms. The predicted molar refractivity (Wildman–Crippen MR) is 103 cm³/mol. The van der Waals surface area contributed by atoms with E-state index in [-0.39, 0.29) is 17.7 Å². The predicted octanol–water partition coefficient (Wildman–Crippen LogP) is 3.63. The molecule has 0 bridgehead atoms. The third-order valence-electron chi connectivity index (χ3n) is 4.16. The number of pyridine rings is 1. The molecule has 1 atom stereocenters. The van der Waals surface area contributed by atoms with Crippen LogP contribution >= 0.6 is 0 Å². The molecule has 0 unspecified atom stereocenters. The molecule has 0 radical (unpaired) electrons. The van der Waals surface area contributed by atoms with E-state index in [4.69, 9.17) is 0 Å². The van der Waals surface area contributed by atoms with Gasteiger partial charge < -0.3 is 10.6 Å². The van der Waals surface area contributed by atoms with Gasteiger partial charge in [0.15, 0.2) is 0 Å². The molecule has 0 saturated heterocycles. The van der Waals surface area contributed by atoms with E-state index >= 15 is 0 Å². The Morgan fingerprint density at radius 2 is 1.65 bits per heavy atom. The van der Waals surface area contributed by atoms with Crippen LogP contribution in [-0.4, -0.2) is 22.8 Å². The highest BCUT2D eigenvalue weighted by Gasteiger charge is 2.25. The molecule has 0 aliphatic rings. The Morgan fingerprint density at radius 3 is 2.38 bits per heavy atom. The number of aromatic nitrogens is 1. The van der Waals surface area contributed by atoms with Crippen molar-refractivity contribution in [2.24, 2.45) is 5.92 Å². The van der Waals surface area contributed by atoms with Crippen molar-refractivity contribution in [2.75, 3.05) is 5.32 Å². The molecule has 5 nitrogen and oxygen atoms in total. The van der Waals surface area contributed by atoms with Crippen LogP contribution in [0, 0.1) is 5.92 Å². The summed E-state index contributed by atoms with van der Waals surface area (Å²) in [5, 5.41) is 6.68. The number of hydrogen-bond donors (Lipinski definition) is 2. The van der Waals surface area contributed by atoms with Crippen LogP contribution in [-0.2, 0) is 4.79 Å². The van der Waals surface area contributed by atoms with Crippen molar-refractivity contribution >= 4 is 28.4 Å². The number of carbonyl (C=O) groups excluding carboxylic acids is 2. The normalized spacial score (nSPS) is 12.0. The number of amides is 2. The molecule has 2 N–H and O–H groups in total. The van der Waals surface area contributed by atoms with E-state index < -0.39 is 6.04 Å². The van der Waals surface area contributed by atoms with E-state index in [2.05, 4.69) is 15.6 Å². The molecule has 3 rings (SSSR count). The Kier molecular flexibility index (Phi) is 5.27. The van der Waals surface area contributed by atoms with Crippen molar-refractivity contribution < 1.29 is 9.59 Å². The van der Waals surface area contributed by atoms with E-state index in [1.54, 1.807) is 30.5 Å². The number of nitrogens with one attached hydrogen (secondary N) is 2. The Hall–Kier alpha value is -3.21. The van der Waals surface area contributed by atoms with E-state index in [0.29, 0.717) is 11.3 Å². The molecular weight excluding hydrogens is 326 g/mol. The number of anilines is 1. The van der Waals surface area contributed by atoms with Gasteiger partial charge in [0.1, 0.15) is 6.04 Å². The molecule has 0 aliphatic heterocycles. The Labute approximate surface area is 152 Å². The fourth-order valence-electron chi connectivity index (χ4n) is 2.76. The molecule has 2 aromatic carbocycles. The van der Waals surface area contributed by atoms with Crippen LogP contribution in [0.4, 0.5) is 5.69 Å². The van der Waals surface area contributed by atoms with Crippen LogP contribution in [0.3, 0.4) is 0 Å². The van der Waals surface area contributed by atoms with Crippen molar-refractivity contribution in [1.82, 2.24) is 10.3 Å². The summed E-state index contributed by atoms with van der Waals surface area (Å²) in [6, 6.07) is 17.6. The van der Waals surface area contributed by atoms with Gasteiger partial charge in [0.05, 0.1) is 11.2 Å². The van der Waals surface area contributed by atoms with Gasteiger partial charge in [-0.3, -0.25) is 14.6 Å². The van der Waals surface area contributed by atoms with Crippen molar-refractivity contribution in [3.63, 3.8) is 0 Å². The monoisotopic (exact) mass is 347 g/mol. The molecule has 0 aliphatic carbocycles. The number of benzene rings is 2. The van der Waals surface area contributed by atoms with Crippen LogP contribution in [0.2, 0.25) is 0 Å². The topological polar surface area (TPSA) is 71.1 Å². The lowest BCUT2D eigenvalue weighted by Gasteiger charge is -2.22. The number of rotatable bonds is 5. The molecule has 0 fully saturated rings. The lowest BCUT2D eigenvalue weighted by atomic mass is 10.0. The summed E-state index contributed by atoms with van der Waals surface area (Å²) in [5.74, 6) is -0.594. The number of fused-ring (bicyclic) bond motifs is 1. The van der Waals surface area contributed by atoms with Gasteiger partial charge in [-0.2, -0.15) is 0 Å². The lowest BCUT2D eigenvalue weighted by molar-refractivity contribution is -0.118. The summed E-state index contributed by atoms with van der Waals surface area (Å²) < 4.78 is 0. The van der Waals surface area contributed by atoms with Crippen LogP contribution < -0.4 is 10.6 Å². The molecule has 132 valence electrons. The number of para-hydroxylation sites is 1. The van der Waals surface area contributed by atoms with Gasteiger partial charge in [0.25, 0.3) is 5.91 Å². The second-order valence-corrected chi connectivity index (χ2v) is 6.43. The van der Waals surface area contributed by atoms with Crippen molar-refractivity contribution in [3.8, 4) is 0 Å². The minimum absolute atomic E-state index is 0.0643. The van der Waals surface area contributed by atoms with E-state index in [0.717, 1.165) is 10.9 Å². The number of carbonyl (C=O) groups is 2. The van der Waals surface area contributed by atoms with E-state index in [1.807, 2.05) is 50.2 Å². The first-order valence-electron chi connectivity index (χ1n) is 8.57. The summed E-state index contributed by atoms with van der Waals surface area (Å²) in [5.41, 5.74) is 1.88. The fraction of sp³-hybridized carbons (Fsp3) is 0.190. The zero-order valence-electron chi connectivity index (χ0n) is 14.8. The Balaban J connectivity index is 1.80. The fourth-order valence-corrected chi connectivity index (χ4v) is 2.76. The second kappa shape index (κ2) is 7.78.